The van der Waals surface area contributed by atoms with E-state index in [0.717, 1.165) is 19.5 Å². The van der Waals surface area contributed by atoms with Crippen molar-refractivity contribution < 1.29 is 5.11 Å². The molecule has 0 amide bonds. The molecule has 3 N–H and O–H groups in total. The summed E-state index contributed by atoms with van der Waals surface area (Å²) in [6, 6.07) is 8.36. The lowest BCUT2D eigenvalue weighted by Crippen LogP contribution is -2.25. The summed E-state index contributed by atoms with van der Waals surface area (Å²) in [6.45, 7) is 5.84. The fourth-order valence-electron chi connectivity index (χ4n) is 2.56. The summed E-state index contributed by atoms with van der Waals surface area (Å²) >= 11 is 0. The maximum Gasteiger partial charge on any atom is 0.0557 e. The number of benzene rings is 1. The van der Waals surface area contributed by atoms with Gasteiger partial charge in [0.1, 0.15) is 0 Å². The third-order valence-corrected chi connectivity index (χ3v) is 3.67. The average molecular weight is 234 g/mol. The summed E-state index contributed by atoms with van der Waals surface area (Å²) in [4.78, 5) is 2.34. The number of nitrogens with two attached hydrogens (primary N) is 1. The number of para-hydroxylation sites is 1. The second-order valence-electron chi connectivity index (χ2n) is 5.08. The molecule has 17 heavy (non-hydrogen) atoms. The Labute approximate surface area is 103 Å². The number of nitrogens with zero attached hydrogens (tertiary/aromatic N) is 1. The van der Waals surface area contributed by atoms with E-state index in [0.29, 0.717) is 5.92 Å². The Hall–Kier alpha value is -1.06. The summed E-state index contributed by atoms with van der Waals surface area (Å²) in [5.41, 5.74) is 8.42. The molecule has 1 aliphatic heterocycles. The molecule has 3 nitrogen and oxygen atoms in total. The number of rotatable bonds is 3. The predicted octanol–water partition coefficient (Wildman–Crippen LogP) is 1.91. The Morgan fingerprint density at radius 3 is 2.65 bits per heavy atom. The minimum atomic E-state index is -0.220. The summed E-state index contributed by atoms with van der Waals surface area (Å²) in [6.07, 6.45) is 0.841. The van der Waals surface area contributed by atoms with Crippen LogP contribution in [0.4, 0.5) is 5.69 Å². The minimum absolute atomic E-state index is 0.0526. The van der Waals surface area contributed by atoms with Crippen molar-refractivity contribution >= 4 is 5.69 Å². The zero-order valence-electron chi connectivity index (χ0n) is 10.6. The van der Waals surface area contributed by atoms with Crippen LogP contribution < -0.4 is 10.6 Å². The molecule has 0 aromatic heterocycles. The van der Waals surface area contributed by atoms with E-state index >= 15 is 0 Å². The van der Waals surface area contributed by atoms with Crippen molar-refractivity contribution in [3.8, 4) is 0 Å². The average Bonchev–Trinajstić information content (AvgIpc) is 2.78. The van der Waals surface area contributed by atoms with E-state index in [4.69, 9.17) is 5.73 Å². The summed E-state index contributed by atoms with van der Waals surface area (Å²) in [5.74, 6) is 0.385. The molecular formula is C14H22N2O. The fourth-order valence-corrected chi connectivity index (χ4v) is 2.56. The van der Waals surface area contributed by atoms with Crippen LogP contribution >= 0.6 is 0 Å². The summed E-state index contributed by atoms with van der Waals surface area (Å²) < 4.78 is 0. The first-order valence-electron chi connectivity index (χ1n) is 6.37. The van der Waals surface area contributed by atoms with Gasteiger partial charge in [-0.1, -0.05) is 18.2 Å². The van der Waals surface area contributed by atoms with Crippen LogP contribution in [0.1, 0.15) is 31.9 Å². The highest BCUT2D eigenvalue weighted by molar-refractivity contribution is 5.55. The van der Waals surface area contributed by atoms with Crippen LogP contribution in [0.5, 0.6) is 0 Å². The monoisotopic (exact) mass is 234 g/mol. The van der Waals surface area contributed by atoms with Crippen molar-refractivity contribution in [2.24, 2.45) is 11.7 Å². The van der Waals surface area contributed by atoms with Crippen molar-refractivity contribution in [2.45, 2.75) is 32.4 Å². The lowest BCUT2D eigenvalue weighted by Gasteiger charge is -2.24. The Bertz CT molecular complexity index is 376. The molecule has 0 radical (unpaired) electrons. The maximum atomic E-state index is 9.64. The molecule has 1 saturated heterocycles. The van der Waals surface area contributed by atoms with E-state index in [1.807, 2.05) is 19.9 Å². The smallest absolute Gasteiger partial charge is 0.0557 e. The largest absolute Gasteiger partial charge is 0.393 e. The first-order chi connectivity index (χ1) is 8.09. The second kappa shape index (κ2) is 5.07. The van der Waals surface area contributed by atoms with Gasteiger partial charge >= 0.3 is 0 Å². The third kappa shape index (κ3) is 2.61. The van der Waals surface area contributed by atoms with Gasteiger partial charge in [-0.25, -0.2) is 0 Å². The molecule has 94 valence electrons. The van der Waals surface area contributed by atoms with E-state index in [1.54, 1.807) is 0 Å². The van der Waals surface area contributed by atoms with Crippen molar-refractivity contribution in [3.63, 3.8) is 0 Å². The molecule has 2 rings (SSSR count). The predicted molar refractivity (Wildman–Crippen MR) is 71.0 cm³/mol. The zero-order valence-corrected chi connectivity index (χ0v) is 10.6. The van der Waals surface area contributed by atoms with E-state index in [1.165, 1.54) is 11.3 Å². The van der Waals surface area contributed by atoms with Gasteiger partial charge in [0, 0.05) is 30.7 Å². The van der Waals surface area contributed by atoms with Gasteiger partial charge in [-0.05, 0) is 31.9 Å². The van der Waals surface area contributed by atoms with Gasteiger partial charge in [-0.2, -0.15) is 0 Å². The Balaban J connectivity index is 2.18. The zero-order chi connectivity index (χ0) is 12.4. The van der Waals surface area contributed by atoms with Crippen molar-refractivity contribution in [2.75, 3.05) is 18.0 Å². The Morgan fingerprint density at radius 2 is 2.06 bits per heavy atom. The van der Waals surface area contributed by atoms with Gasteiger partial charge in [0.15, 0.2) is 0 Å². The van der Waals surface area contributed by atoms with E-state index in [-0.39, 0.29) is 12.1 Å². The van der Waals surface area contributed by atoms with Gasteiger partial charge in [-0.3, -0.25) is 0 Å². The van der Waals surface area contributed by atoms with E-state index in [9.17, 15) is 5.11 Å². The summed E-state index contributed by atoms with van der Waals surface area (Å²) in [5, 5.41) is 9.64. The van der Waals surface area contributed by atoms with E-state index in [2.05, 4.69) is 23.1 Å². The van der Waals surface area contributed by atoms with Crippen LogP contribution in [0, 0.1) is 5.92 Å². The molecule has 1 heterocycles. The molecule has 1 aliphatic rings. The quantitative estimate of drug-likeness (QED) is 0.840. The van der Waals surface area contributed by atoms with Gasteiger partial charge in [0.05, 0.1) is 6.10 Å². The van der Waals surface area contributed by atoms with E-state index < -0.39 is 0 Å². The van der Waals surface area contributed by atoms with Crippen LogP contribution in [0.15, 0.2) is 24.3 Å². The molecule has 3 unspecified atom stereocenters. The Morgan fingerprint density at radius 1 is 1.35 bits per heavy atom. The minimum Gasteiger partial charge on any atom is -0.393 e. The van der Waals surface area contributed by atoms with Crippen molar-refractivity contribution in [1.82, 2.24) is 0 Å². The molecule has 0 bridgehead atoms. The molecule has 0 aliphatic carbocycles. The lowest BCUT2D eigenvalue weighted by molar-refractivity contribution is 0.136. The normalized spacial score (nSPS) is 23.8. The highest BCUT2D eigenvalue weighted by Crippen LogP contribution is 2.30. The molecule has 1 aromatic rings. The molecular weight excluding hydrogens is 212 g/mol. The second-order valence-corrected chi connectivity index (χ2v) is 5.08. The number of anilines is 1. The van der Waals surface area contributed by atoms with Crippen molar-refractivity contribution in [3.05, 3.63) is 29.8 Å². The standard InChI is InChI=1S/C14H22N2O/c1-10(15)13-5-3-4-6-14(13)16-8-7-12(9-16)11(2)17/h3-6,10-12,17H,7-9,15H2,1-2H3. The first-order valence-corrected chi connectivity index (χ1v) is 6.37. The van der Waals surface area contributed by atoms with Gasteiger partial charge in [0.2, 0.25) is 0 Å². The van der Waals surface area contributed by atoms with Crippen LogP contribution in [-0.2, 0) is 0 Å². The highest BCUT2D eigenvalue weighted by Gasteiger charge is 2.27. The van der Waals surface area contributed by atoms with Gasteiger partial charge in [-0.15, -0.1) is 0 Å². The number of hydrogen-bond donors (Lipinski definition) is 2. The SMILES string of the molecule is CC(N)c1ccccc1N1CCC(C(C)O)C1. The highest BCUT2D eigenvalue weighted by atomic mass is 16.3. The number of hydrogen-bond acceptors (Lipinski definition) is 3. The van der Waals surface area contributed by atoms with Gasteiger partial charge < -0.3 is 15.7 Å². The molecule has 3 atom stereocenters. The molecule has 0 saturated carbocycles. The molecule has 0 spiro atoms. The van der Waals surface area contributed by atoms with Gasteiger partial charge in [0.25, 0.3) is 0 Å². The topological polar surface area (TPSA) is 49.5 Å². The molecule has 1 aromatic carbocycles. The summed E-state index contributed by atoms with van der Waals surface area (Å²) in [7, 11) is 0. The number of aliphatic hydroxyl groups is 1. The maximum absolute atomic E-state index is 9.64. The van der Waals surface area contributed by atoms with Crippen LogP contribution in [0.3, 0.4) is 0 Å². The lowest BCUT2D eigenvalue weighted by atomic mass is 10.0. The molecule has 3 heteroatoms. The molecule has 1 fully saturated rings. The van der Waals surface area contributed by atoms with Crippen molar-refractivity contribution in [1.29, 1.82) is 0 Å². The number of aliphatic hydroxyl groups excluding tert-OH is 1. The van der Waals surface area contributed by atoms with Crippen LogP contribution in [0.2, 0.25) is 0 Å². The first kappa shape index (κ1) is 12.4. The Kier molecular flexibility index (Phi) is 3.69. The van der Waals surface area contributed by atoms with Crippen LogP contribution in [-0.4, -0.2) is 24.3 Å². The fraction of sp³-hybridized carbons (Fsp3) is 0.571. The third-order valence-electron chi connectivity index (χ3n) is 3.67. The van der Waals surface area contributed by atoms with Crippen LogP contribution in [0.25, 0.3) is 0 Å².